The lowest BCUT2D eigenvalue weighted by Gasteiger charge is -2.19. The summed E-state index contributed by atoms with van der Waals surface area (Å²) in [6.45, 7) is 4.53. The summed E-state index contributed by atoms with van der Waals surface area (Å²) in [6.07, 6.45) is 2.06. The van der Waals surface area contributed by atoms with E-state index >= 15 is 0 Å². The Morgan fingerprint density at radius 3 is 2.76 bits per heavy atom. The molecule has 0 saturated heterocycles. The van der Waals surface area contributed by atoms with Crippen molar-refractivity contribution in [3.8, 4) is 0 Å². The summed E-state index contributed by atoms with van der Waals surface area (Å²) in [5.74, 6) is 0.874. The van der Waals surface area contributed by atoms with Crippen LogP contribution >= 0.6 is 11.8 Å². The zero-order valence-electron chi connectivity index (χ0n) is 10.8. The van der Waals surface area contributed by atoms with Gasteiger partial charge in [0.15, 0.2) is 0 Å². The van der Waals surface area contributed by atoms with Crippen LogP contribution in [0, 0.1) is 5.82 Å². The molecule has 0 aliphatic heterocycles. The summed E-state index contributed by atoms with van der Waals surface area (Å²) in [6, 6.07) is 5.46. The quantitative estimate of drug-likeness (QED) is 0.807. The number of thioether (sulfide) groups is 1. The van der Waals surface area contributed by atoms with Gasteiger partial charge in [-0.05, 0) is 30.5 Å². The normalized spacial score (nSPS) is 10.6. The zero-order chi connectivity index (χ0) is 12.7. The molecular formula is C13H21FN2S. The van der Waals surface area contributed by atoms with E-state index in [-0.39, 0.29) is 5.82 Å². The smallest absolute Gasteiger partial charge is 0.146 e. The molecule has 17 heavy (non-hydrogen) atoms. The second kappa shape index (κ2) is 7.56. The van der Waals surface area contributed by atoms with Crippen molar-refractivity contribution in [2.45, 2.75) is 13.5 Å². The van der Waals surface area contributed by atoms with Gasteiger partial charge in [0.2, 0.25) is 0 Å². The monoisotopic (exact) mass is 256 g/mol. The van der Waals surface area contributed by atoms with Crippen molar-refractivity contribution < 1.29 is 4.39 Å². The molecular weight excluding hydrogens is 235 g/mol. The molecule has 1 rings (SSSR count). The first-order valence-corrected chi connectivity index (χ1v) is 7.27. The highest BCUT2D eigenvalue weighted by atomic mass is 32.2. The molecule has 1 aromatic carbocycles. The van der Waals surface area contributed by atoms with Gasteiger partial charge < -0.3 is 10.2 Å². The number of anilines is 1. The average molecular weight is 256 g/mol. The van der Waals surface area contributed by atoms with Gasteiger partial charge in [0.1, 0.15) is 5.82 Å². The SMILES string of the molecule is CCNCc1ccc(N(C)CCSC)c(F)c1. The Morgan fingerprint density at radius 1 is 1.41 bits per heavy atom. The standard InChI is InChI=1S/C13H21FN2S/c1-4-15-10-11-5-6-13(12(14)9-11)16(2)7-8-17-3/h5-6,9,15H,4,7-8,10H2,1-3H3. The van der Waals surface area contributed by atoms with E-state index in [4.69, 9.17) is 0 Å². The molecule has 1 aromatic rings. The van der Waals surface area contributed by atoms with E-state index < -0.39 is 0 Å². The molecule has 1 N–H and O–H groups in total. The molecule has 0 aliphatic carbocycles. The van der Waals surface area contributed by atoms with E-state index in [1.54, 1.807) is 17.8 Å². The molecule has 0 spiro atoms. The highest BCUT2D eigenvalue weighted by molar-refractivity contribution is 7.98. The number of nitrogens with zero attached hydrogens (tertiary/aromatic N) is 1. The molecule has 96 valence electrons. The molecule has 0 amide bonds. The lowest BCUT2D eigenvalue weighted by atomic mass is 10.2. The van der Waals surface area contributed by atoms with Crippen LogP contribution in [0.3, 0.4) is 0 Å². The molecule has 0 aromatic heterocycles. The van der Waals surface area contributed by atoms with Crippen molar-refractivity contribution in [2.24, 2.45) is 0 Å². The van der Waals surface area contributed by atoms with Crippen LogP contribution in [0.2, 0.25) is 0 Å². The van der Waals surface area contributed by atoms with Crippen LogP contribution in [-0.4, -0.2) is 32.1 Å². The molecule has 0 atom stereocenters. The minimum atomic E-state index is -0.135. The first-order valence-electron chi connectivity index (χ1n) is 5.88. The maximum atomic E-state index is 13.9. The molecule has 0 saturated carbocycles. The van der Waals surface area contributed by atoms with Crippen LogP contribution < -0.4 is 10.2 Å². The maximum absolute atomic E-state index is 13.9. The van der Waals surface area contributed by atoms with Gasteiger partial charge >= 0.3 is 0 Å². The van der Waals surface area contributed by atoms with Crippen molar-refractivity contribution in [2.75, 3.05) is 37.0 Å². The van der Waals surface area contributed by atoms with Crippen molar-refractivity contribution in [1.82, 2.24) is 5.32 Å². The van der Waals surface area contributed by atoms with Crippen molar-refractivity contribution in [1.29, 1.82) is 0 Å². The summed E-state index contributed by atoms with van der Waals surface area (Å²) in [4.78, 5) is 1.96. The van der Waals surface area contributed by atoms with Crippen molar-refractivity contribution in [3.05, 3.63) is 29.6 Å². The Morgan fingerprint density at radius 2 is 2.18 bits per heavy atom. The van der Waals surface area contributed by atoms with Crippen LogP contribution in [0.15, 0.2) is 18.2 Å². The third kappa shape index (κ3) is 4.56. The van der Waals surface area contributed by atoms with Crippen LogP contribution in [-0.2, 0) is 6.54 Å². The molecule has 0 radical (unpaired) electrons. The molecule has 0 bridgehead atoms. The molecule has 4 heteroatoms. The summed E-state index contributed by atoms with van der Waals surface area (Å²) in [5, 5.41) is 3.19. The van der Waals surface area contributed by atoms with Gasteiger partial charge in [-0.25, -0.2) is 4.39 Å². The fourth-order valence-corrected chi connectivity index (χ4v) is 2.04. The minimum absolute atomic E-state index is 0.135. The van der Waals surface area contributed by atoms with Gasteiger partial charge in [-0.2, -0.15) is 11.8 Å². The number of rotatable bonds is 7. The number of nitrogens with one attached hydrogen (secondary N) is 1. The van der Waals surface area contributed by atoms with Gasteiger partial charge in [0.05, 0.1) is 5.69 Å². The Hall–Kier alpha value is -0.740. The second-order valence-corrected chi connectivity index (χ2v) is 4.97. The molecule has 2 nitrogen and oxygen atoms in total. The van der Waals surface area contributed by atoms with E-state index in [1.165, 1.54) is 0 Å². The largest absolute Gasteiger partial charge is 0.371 e. The Bertz CT molecular complexity index is 344. The first kappa shape index (κ1) is 14.3. The minimum Gasteiger partial charge on any atom is -0.371 e. The van der Waals surface area contributed by atoms with Crippen LogP contribution in [0.25, 0.3) is 0 Å². The zero-order valence-corrected chi connectivity index (χ0v) is 11.6. The van der Waals surface area contributed by atoms with Crippen LogP contribution in [0.5, 0.6) is 0 Å². The maximum Gasteiger partial charge on any atom is 0.146 e. The van der Waals surface area contributed by atoms with E-state index in [0.29, 0.717) is 5.69 Å². The van der Waals surface area contributed by atoms with Gasteiger partial charge in [-0.15, -0.1) is 0 Å². The Labute approximate surface area is 108 Å². The second-order valence-electron chi connectivity index (χ2n) is 3.98. The van der Waals surface area contributed by atoms with E-state index in [1.807, 2.05) is 31.0 Å². The predicted octanol–water partition coefficient (Wildman–Crippen LogP) is 2.73. The number of hydrogen-bond donors (Lipinski definition) is 1. The van der Waals surface area contributed by atoms with Crippen LogP contribution in [0.1, 0.15) is 12.5 Å². The fourth-order valence-electron chi connectivity index (χ4n) is 1.59. The molecule has 0 heterocycles. The van der Waals surface area contributed by atoms with E-state index in [9.17, 15) is 4.39 Å². The van der Waals surface area contributed by atoms with Crippen LogP contribution in [0.4, 0.5) is 10.1 Å². The highest BCUT2D eigenvalue weighted by Crippen LogP contribution is 2.19. The topological polar surface area (TPSA) is 15.3 Å². The van der Waals surface area contributed by atoms with E-state index in [0.717, 1.165) is 31.0 Å². The lowest BCUT2D eigenvalue weighted by molar-refractivity contribution is 0.618. The van der Waals surface area contributed by atoms with Gasteiger partial charge in [-0.3, -0.25) is 0 Å². The van der Waals surface area contributed by atoms with Gasteiger partial charge in [-0.1, -0.05) is 13.0 Å². The number of benzene rings is 1. The molecule has 0 unspecified atom stereocenters. The van der Waals surface area contributed by atoms with Gasteiger partial charge in [0, 0.05) is 25.9 Å². The summed E-state index contributed by atoms with van der Waals surface area (Å²) >= 11 is 1.77. The number of halogens is 1. The van der Waals surface area contributed by atoms with E-state index in [2.05, 4.69) is 11.6 Å². The third-order valence-corrected chi connectivity index (χ3v) is 3.22. The fraction of sp³-hybridized carbons (Fsp3) is 0.538. The average Bonchev–Trinajstić information content (AvgIpc) is 2.33. The summed E-state index contributed by atoms with van der Waals surface area (Å²) in [7, 11) is 1.93. The summed E-state index contributed by atoms with van der Waals surface area (Å²) in [5.41, 5.74) is 1.67. The van der Waals surface area contributed by atoms with Gasteiger partial charge in [0.25, 0.3) is 0 Å². The Balaban J connectivity index is 2.68. The molecule has 0 aliphatic rings. The third-order valence-electron chi connectivity index (χ3n) is 2.63. The predicted molar refractivity (Wildman–Crippen MR) is 75.4 cm³/mol. The van der Waals surface area contributed by atoms with Crippen molar-refractivity contribution in [3.63, 3.8) is 0 Å². The first-order chi connectivity index (χ1) is 8.19. The Kier molecular flexibility index (Phi) is 6.37. The summed E-state index contributed by atoms with van der Waals surface area (Å²) < 4.78 is 13.9. The lowest BCUT2D eigenvalue weighted by Crippen LogP contribution is -2.21. The number of hydrogen-bond acceptors (Lipinski definition) is 3. The van der Waals surface area contributed by atoms with Crippen molar-refractivity contribution >= 4 is 17.4 Å². The molecule has 0 fully saturated rings. The highest BCUT2D eigenvalue weighted by Gasteiger charge is 2.07.